The molecule has 0 aliphatic rings. The maximum atomic E-state index is 10.9. The van der Waals surface area contributed by atoms with Crippen molar-refractivity contribution in [2.45, 2.75) is 9.79 Å². The fourth-order valence-corrected chi connectivity index (χ4v) is 2.60. The lowest BCUT2D eigenvalue weighted by atomic mass is 10.1. The number of hydrogen-bond acceptors (Lipinski definition) is 5. The van der Waals surface area contributed by atoms with Crippen LogP contribution in [-0.4, -0.2) is 25.9 Å². The molecule has 0 aliphatic heterocycles. The first kappa shape index (κ1) is 17.3. The van der Waals surface area contributed by atoms with Crippen LogP contribution in [-0.2, 0) is 20.2 Å². The van der Waals surface area contributed by atoms with E-state index in [2.05, 4.69) is 0 Å². The molecule has 0 radical (unpaired) electrons. The molecule has 2 aromatic rings. The van der Waals surface area contributed by atoms with Gasteiger partial charge >= 0.3 is 0 Å². The zero-order valence-electron chi connectivity index (χ0n) is 10.7. The molecule has 0 amide bonds. The summed E-state index contributed by atoms with van der Waals surface area (Å²) in [5.41, 5.74) is 1.28. The third kappa shape index (κ3) is 4.09. The van der Waals surface area contributed by atoms with Crippen molar-refractivity contribution in [1.82, 2.24) is 6.15 Å². The van der Waals surface area contributed by atoms with Crippen molar-refractivity contribution in [3.05, 3.63) is 48.5 Å². The van der Waals surface area contributed by atoms with Crippen LogP contribution in [0.1, 0.15) is 0 Å². The highest BCUT2D eigenvalue weighted by Crippen LogP contribution is 2.22. The summed E-state index contributed by atoms with van der Waals surface area (Å²) in [5.74, 6) is 0. The standard InChI is InChI=1S/C12H10O6S2.H3N/c13-19(14,15)11-5-1-9(2-6-11)10-3-7-12(8-4-10)20(16,17)18;/h1-8H,(H,13,14,15)(H,16,17,18);1H3. The summed E-state index contributed by atoms with van der Waals surface area (Å²) in [6, 6.07) is 10.9. The number of hydrogen-bond donors (Lipinski definition) is 3. The summed E-state index contributed by atoms with van der Waals surface area (Å²) in [6.45, 7) is 0. The van der Waals surface area contributed by atoms with E-state index in [0.717, 1.165) is 0 Å². The van der Waals surface area contributed by atoms with Gasteiger partial charge in [0.1, 0.15) is 0 Å². The molecule has 0 bridgehead atoms. The summed E-state index contributed by atoms with van der Waals surface area (Å²) >= 11 is 0. The Kier molecular flexibility index (Phi) is 4.87. The molecule has 0 atom stereocenters. The Morgan fingerprint density at radius 2 is 0.810 bits per heavy atom. The highest BCUT2D eigenvalue weighted by atomic mass is 32.2. The normalized spacial score (nSPS) is 11.7. The minimum Gasteiger partial charge on any atom is -0.344 e. The maximum Gasteiger partial charge on any atom is 0.294 e. The Morgan fingerprint density at radius 1 is 0.571 bits per heavy atom. The lowest BCUT2D eigenvalue weighted by Gasteiger charge is -2.04. The van der Waals surface area contributed by atoms with Gasteiger partial charge in [-0.15, -0.1) is 0 Å². The largest absolute Gasteiger partial charge is 0.344 e. The van der Waals surface area contributed by atoms with Crippen LogP contribution in [0.5, 0.6) is 0 Å². The smallest absolute Gasteiger partial charge is 0.294 e. The van der Waals surface area contributed by atoms with E-state index in [1.165, 1.54) is 48.5 Å². The van der Waals surface area contributed by atoms with Gasteiger partial charge in [0.2, 0.25) is 0 Å². The van der Waals surface area contributed by atoms with Gasteiger partial charge in [-0.2, -0.15) is 16.8 Å². The summed E-state index contributed by atoms with van der Waals surface area (Å²) in [5, 5.41) is 0. The maximum absolute atomic E-state index is 10.9. The quantitative estimate of drug-likeness (QED) is 0.729. The molecule has 21 heavy (non-hydrogen) atoms. The first-order valence-corrected chi connectivity index (χ1v) is 8.21. The van der Waals surface area contributed by atoms with Gasteiger partial charge in [0.25, 0.3) is 20.2 Å². The first-order chi connectivity index (χ1) is 9.18. The van der Waals surface area contributed by atoms with Gasteiger partial charge in [0.05, 0.1) is 9.79 Å². The third-order valence-corrected chi connectivity index (χ3v) is 4.37. The lowest BCUT2D eigenvalue weighted by Crippen LogP contribution is -1.98. The van der Waals surface area contributed by atoms with Gasteiger partial charge in [0, 0.05) is 0 Å². The SMILES string of the molecule is N.O=S(=O)(O)c1ccc(-c2ccc(S(=O)(=O)O)cc2)cc1. The fourth-order valence-electron chi connectivity index (χ4n) is 1.64. The Morgan fingerprint density at radius 3 is 1.00 bits per heavy atom. The van der Waals surface area contributed by atoms with Crippen LogP contribution < -0.4 is 6.15 Å². The Hall–Kier alpha value is -1.78. The lowest BCUT2D eigenvalue weighted by molar-refractivity contribution is 0.481. The third-order valence-electron chi connectivity index (χ3n) is 2.64. The molecule has 0 aromatic heterocycles. The monoisotopic (exact) mass is 331 g/mol. The van der Waals surface area contributed by atoms with Gasteiger partial charge in [-0.25, -0.2) is 0 Å². The van der Waals surface area contributed by atoms with E-state index >= 15 is 0 Å². The molecule has 0 heterocycles. The van der Waals surface area contributed by atoms with Crippen molar-refractivity contribution >= 4 is 20.2 Å². The van der Waals surface area contributed by atoms with Crippen molar-refractivity contribution in [2.24, 2.45) is 0 Å². The zero-order valence-corrected chi connectivity index (χ0v) is 12.3. The predicted octanol–water partition coefficient (Wildman–Crippen LogP) is 2.01. The summed E-state index contributed by atoms with van der Waals surface area (Å²) in [6.07, 6.45) is 0. The highest BCUT2D eigenvalue weighted by Gasteiger charge is 2.11. The van der Waals surface area contributed by atoms with E-state index in [-0.39, 0.29) is 15.9 Å². The molecule has 5 N–H and O–H groups in total. The summed E-state index contributed by atoms with van der Waals surface area (Å²) in [4.78, 5) is -0.452. The minimum absolute atomic E-state index is 0. The molecular weight excluding hydrogens is 318 g/mol. The molecule has 0 saturated carbocycles. The average Bonchev–Trinajstić information content (AvgIpc) is 2.37. The van der Waals surface area contributed by atoms with E-state index in [1.54, 1.807) is 0 Å². The second kappa shape index (κ2) is 5.92. The van der Waals surface area contributed by atoms with Crippen molar-refractivity contribution in [1.29, 1.82) is 0 Å². The summed E-state index contributed by atoms with van der Waals surface area (Å²) in [7, 11) is -8.48. The van der Waals surface area contributed by atoms with Crippen LogP contribution in [0.4, 0.5) is 0 Å². The van der Waals surface area contributed by atoms with Gasteiger partial charge in [-0.1, -0.05) is 24.3 Å². The van der Waals surface area contributed by atoms with Gasteiger partial charge in [-0.3, -0.25) is 9.11 Å². The molecule has 7 nitrogen and oxygen atoms in total. The van der Waals surface area contributed by atoms with Gasteiger partial charge < -0.3 is 6.15 Å². The molecule has 0 spiro atoms. The molecule has 2 rings (SSSR count). The van der Waals surface area contributed by atoms with E-state index < -0.39 is 20.2 Å². The minimum atomic E-state index is -4.24. The average molecular weight is 331 g/mol. The van der Waals surface area contributed by atoms with Crippen LogP contribution >= 0.6 is 0 Å². The Balaban J connectivity index is 0.00000220. The van der Waals surface area contributed by atoms with E-state index in [9.17, 15) is 16.8 Å². The number of rotatable bonds is 3. The van der Waals surface area contributed by atoms with Crippen LogP contribution in [0, 0.1) is 0 Å². The molecule has 2 aromatic carbocycles. The predicted molar refractivity (Wildman–Crippen MR) is 76.5 cm³/mol. The molecule has 0 aliphatic carbocycles. The van der Waals surface area contributed by atoms with Crippen LogP contribution in [0.15, 0.2) is 58.3 Å². The Bertz CT molecular complexity index is 751. The topological polar surface area (TPSA) is 144 Å². The van der Waals surface area contributed by atoms with Crippen LogP contribution in [0.25, 0.3) is 11.1 Å². The van der Waals surface area contributed by atoms with Crippen LogP contribution in [0.3, 0.4) is 0 Å². The molecule has 0 unspecified atom stereocenters. The number of benzene rings is 2. The molecular formula is C12H13NO6S2. The molecule has 0 fully saturated rings. The first-order valence-electron chi connectivity index (χ1n) is 5.33. The van der Waals surface area contributed by atoms with Crippen molar-refractivity contribution in [3.8, 4) is 11.1 Å². The van der Waals surface area contributed by atoms with Gasteiger partial charge in [0.15, 0.2) is 0 Å². The van der Waals surface area contributed by atoms with Crippen molar-refractivity contribution < 1.29 is 25.9 Å². The molecule has 0 saturated heterocycles. The van der Waals surface area contributed by atoms with E-state index in [0.29, 0.717) is 11.1 Å². The van der Waals surface area contributed by atoms with E-state index in [4.69, 9.17) is 9.11 Å². The summed E-state index contributed by atoms with van der Waals surface area (Å²) < 4.78 is 61.3. The second-order valence-corrected chi connectivity index (χ2v) is 6.84. The van der Waals surface area contributed by atoms with Gasteiger partial charge in [-0.05, 0) is 35.4 Å². The fraction of sp³-hybridized carbons (Fsp3) is 0. The van der Waals surface area contributed by atoms with Crippen molar-refractivity contribution in [3.63, 3.8) is 0 Å². The van der Waals surface area contributed by atoms with E-state index in [1.807, 2.05) is 0 Å². The zero-order chi connectivity index (χ0) is 15.0. The highest BCUT2D eigenvalue weighted by molar-refractivity contribution is 7.86. The Labute approximate surface area is 122 Å². The molecule has 9 heteroatoms. The van der Waals surface area contributed by atoms with Crippen molar-refractivity contribution in [2.75, 3.05) is 0 Å². The van der Waals surface area contributed by atoms with Crippen LogP contribution in [0.2, 0.25) is 0 Å². The molecule has 114 valence electrons. The second-order valence-electron chi connectivity index (χ2n) is 4.00.